The van der Waals surface area contributed by atoms with Gasteiger partial charge in [-0.05, 0) is 18.6 Å². The molecule has 0 aromatic carbocycles. The largest absolute Gasteiger partial charge is 0.370 e. The number of anilines is 1. The Labute approximate surface area is 114 Å². The number of aromatic nitrogens is 1. The second-order valence-corrected chi connectivity index (χ2v) is 6.06. The standard InChI is InChI=1S/C12H18N4O2S/c1-3-16(19(2,17)18)8-4-6-14-12-9-11(10-13)5-7-15-12/h5,7,9H,3-4,6,8H2,1-2H3,(H,14,15). The maximum atomic E-state index is 11.4. The maximum absolute atomic E-state index is 11.4. The molecule has 1 aromatic heterocycles. The van der Waals surface area contributed by atoms with Gasteiger partial charge in [0, 0.05) is 25.8 Å². The predicted octanol–water partition coefficient (Wildman–Crippen LogP) is 1.04. The molecule has 19 heavy (non-hydrogen) atoms. The lowest BCUT2D eigenvalue weighted by molar-refractivity contribution is 0.428. The van der Waals surface area contributed by atoms with E-state index in [-0.39, 0.29) is 0 Å². The van der Waals surface area contributed by atoms with Gasteiger partial charge in [0.05, 0.1) is 17.9 Å². The van der Waals surface area contributed by atoms with Crippen LogP contribution in [0.5, 0.6) is 0 Å². The summed E-state index contributed by atoms with van der Waals surface area (Å²) in [6.45, 7) is 3.36. The minimum absolute atomic E-state index is 0.472. The number of nitrogens with one attached hydrogen (secondary N) is 1. The first-order valence-electron chi connectivity index (χ1n) is 6.02. The zero-order valence-corrected chi connectivity index (χ0v) is 11.9. The summed E-state index contributed by atoms with van der Waals surface area (Å²) < 4.78 is 24.2. The summed E-state index contributed by atoms with van der Waals surface area (Å²) in [6.07, 6.45) is 3.46. The number of hydrogen-bond acceptors (Lipinski definition) is 5. The van der Waals surface area contributed by atoms with Crippen LogP contribution in [0.15, 0.2) is 18.3 Å². The van der Waals surface area contributed by atoms with Crippen LogP contribution in [-0.4, -0.2) is 43.6 Å². The Morgan fingerprint density at radius 3 is 2.84 bits per heavy atom. The summed E-state index contributed by atoms with van der Waals surface area (Å²) in [7, 11) is -3.12. The Kier molecular flexibility index (Phi) is 5.73. The van der Waals surface area contributed by atoms with Crippen molar-refractivity contribution in [2.24, 2.45) is 0 Å². The number of pyridine rings is 1. The molecular formula is C12H18N4O2S. The zero-order chi connectivity index (χ0) is 14.3. The first-order chi connectivity index (χ1) is 8.97. The number of nitrogens with zero attached hydrogens (tertiary/aromatic N) is 3. The SMILES string of the molecule is CCN(CCCNc1cc(C#N)ccn1)S(C)(=O)=O. The van der Waals surface area contributed by atoms with E-state index in [1.165, 1.54) is 10.6 Å². The molecular weight excluding hydrogens is 264 g/mol. The molecule has 0 radical (unpaired) electrons. The molecule has 6 nitrogen and oxygen atoms in total. The third-order valence-corrected chi connectivity index (χ3v) is 3.98. The molecule has 0 aliphatic rings. The molecule has 0 atom stereocenters. The van der Waals surface area contributed by atoms with Crippen molar-refractivity contribution >= 4 is 15.8 Å². The van der Waals surface area contributed by atoms with E-state index in [9.17, 15) is 8.42 Å². The Bertz CT molecular complexity index is 551. The van der Waals surface area contributed by atoms with Gasteiger partial charge in [-0.2, -0.15) is 5.26 Å². The average molecular weight is 282 g/mol. The van der Waals surface area contributed by atoms with Crippen LogP contribution < -0.4 is 5.32 Å². The van der Waals surface area contributed by atoms with Gasteiger partial charge in [-0.15, -0.1) is 0 Å². The van der Waals surface area contributed by atoms with Crippen LogP contribution in [0.25, 0.3) is 0 Å². The summed E-state index contributed by atoms with van der Waals surface area (Å²) in [5.74, 6) is 0.626. The molecule has 0 fully saturated rings. The van der Waals surface area contributed by atoms with Gasteiger partial charge in [0.25, 0.3) is 0 Å². The van der Waals surface area contributed by atoms with Gasteiger partial charge in [-0.25, -0.2) is 17.7 Å². The van der Waals surface area contributed by atoms with Gasteiger partial charge >= 0.3 is 0 Å². The Morgan fingerprint density at radius 2 is 2.26 bits per heavy atom. The van der Waals surface area contributed by atoms with Gasteiger partial charge in [0.1, 0.15) is 5.82 Å². The molecule has 0 unspecified atom stereocenters. The summed E-state index contributed by atoms with van der Waals surface area (Å²) in [4.78, 5) is 4.08. The van der Waals surface area contributed by atoms with Crippen molar-refractivity contribution in [3.63, 3.8) is 0 Å². The second kappa shape index (κ2) is 7.07. The minimum atomic E-state index is -3.12. The number of sulfonamides is 1. The molecule has 104 valence electrons. The van der Waals surface area contributed by atoms with Crippen LogP contribution in [0.3, 0.4) is 0 Å². The third-order valence-electron chi connectivity index (χ3n) is 2.60. The van der Waals surface area contributed by atoms with Crippen LogP contribution in [0.4, 0.5) is 5.82 Å². The van der Waals surface area contributed by atoms with Crippen LogP contribution in [-0.2, 0) is 10.0 Å². The van der Waals surface area contributed by atoms with Gasteiger partial charge in [-0.3, -0.25) is 0 Å². The highest BCUT2D eigenvalue weighted by molar-refractivity contribution is 7.88. The quantitative estimate of drug-likeness (QED) is 0.755. The zero-order valence-electron chi connectivity index (χ0n) is 11.1. The average Bonchev–Trinajstić information content (AvgIpc) is 2.37. The second-order valence-electron chi connectivity index (χ2n) is 4.08. The molecule has 1 aromatic rings. The summed E-state index contributed by atoms with van der Waals surface area (Å²) in [5.41, 5.74) is 0.545. The molecule has 0 aliphatic carbocycles. The highest BCUT2D eigenvalue weighted by atomic mass is 32.2. The van der Waals surface area contributed by atoms with Crippen molar-refractivity contribution in [2.75, 3.05) is 31.2 Å². The molecule has 1 N–H and O–H groups in total. The first-order valence-corrected chi connectivity index (χ1v) is 7.87. The van der Waals surface area contributed by atoms with E-state index in [0.29, 0.717) is 37.4 Å². The van der Waals surface area contributed by atoms with Gasteiger partial charge in [0.2, 0.25) is 10.0 Å². The fraction of sp³-hybridized carbons (Fsp3) is 0.500. The highest BCUT2D eigenvalue weighted by Crippen LogP contribution is 2.06. The Morgan fingerprint density at radius 1 is 1.53 bits per heavy atom. The lowest BCUT2D eigenvalue weighted by Crippen LogP contribution is -2.31. The normalized spacial score (nSPS) is 11.3. The molecule has 1 rings (SSSR count). The number of nitriles is 1. The molecule has 0 saturated heterocycles. The summed E-state index contributed by atoms with van der Waals surface area (Å²) in [5, 5.41) is 11.8. The predicted molar refractivity (Wildman–Crippen MR) is 74.1 cm³/mol. The van der Waals surface area contributed by atoms with Crippen LogP contribution >= 0.6 is 0 Å². The van der Waals surface area contributed by atoms with Crippen molar-refractivity contribution < 1.29 is 8.42 Å². The fourth-order valence-electron chi connectivity index (χ4n) is 1.63. The van der Waals surface area contributed by atoms with Crippen LogP contribution in [0, 0.1) is 11.3 Å². The van der Waals surface area contributed by atoms with E-state index < -0.39 is 10.0 Å². The van der Waals surface area contributed by atoms with Crippen molar-refractivity contribution in [1.82, 2.24) is 9.29 Å². The molecule has 7 heteroatoms. The fourth-order valence-corrected chi connectivity index (χ4v) is 2.56. The van der Waals surface area contributed by atoms with E-state index in [1.54, 1.807) is 18.3 Å². The summed E-state index contributed by atoms with van der Waals surface area (Å²) in [6, 6.07) is 5.33. The van der Waals surface area contributed by atoms with Crippen molar-refractivity contribution in [3.8, 4) is 6.07 Å². The van der Waals surface area contributed by atoms with Crippen molar-refractivity contribution in [2.45, 2.75) is 13.3 Å². The molecule has 0 saturated carbocycles. The molecule has 0 amide bonds. The van der Waals surface area contributed by atoms with E-state index in [2.05, 4.69) is 10.3 Å². The summed E-state index contributed by atoms with van der Waals surface area (Å²) >= 11 is 0. The highest BCUT2D eigenvalue weighted by Gasteiger charge is 2.12. The number of hydrogen-bond donors (Lipinski definition) is 1. The smallest absolute Gasteiger partial charge is 0.211 e. The van der Waals surface area contributed by atoms with E-state index in [1.807, 2.05) is 13.0 Å². The van der Waals surface area contributed by atoms with Gasteiger partial charge in [-0.1, -0.05) is 6.92 Å². The van der Waals surface area contributed by atoms with Crippen LogP contribution in [0.1, 0.15) is 18.9 Å². The minimum Gasteiger partial charge on any atom is -0.370 e. The van der Waals surface area contributed by atoms with Gasteiger partial charge < -0.3 is 5.32 Å². The molecule has 0 aliphatic heterocycles. The molecule has 0 bridgehead atoms. The molecule has 0 spiro atoms. The Balaban J connectivity index is 2.40. The topological polar surface area (TPSA) is 86.1 Å². The Hall–Kier alpha value is -1.65. The van der Waals surface area contributed by atoms with Crippen molar-refractivity contribution in [3.05, 3.63) is 23.9 Å². The van der Waals surface area contributed by atoms with E-state index in [4.69, 9.17) is 5.26 Å². The van der Waals surface area contributed by atoms with Gasteiger partial charge in [0.15, 0.2) is 0 Å². The van der Waals surface area contributed by atoms with Crippen molar-refractivity contribution in [1.29, 1.82) is 5.26 Å². The number of rotatable bonds is 7. The molecule has 1 heterocycles. The first kappa shape index (κ1) is 15.4. The van der Waals surface area contributed by atoms with E-state index >= 15 is 0 Å². The van der Waals surface area contributed by atoms with E-state index in [0.717, 1.165) is 0 Å². The maximum Gasteiger partial charge on any atom is 0.211 e. The monoisotopic (exact) mass is 282 g/mol. The lowest BCUT2D eigenvalue weighted by Gasteiger charge is -2.17. The third kappa shape index (κ3) is 5.24. The van der Waals surface area contributed by atoms with Crippen LogP contribution in [0.2, 0.25) is 0 Å². The lowest BCUT2D eigenvalue weighted by atomic mass is 10.3.